The maximum Gasteiger partial charge on any atom is 0.263 e. The number of carbonyl (C=O) groups excluding carboxylic acids is 2. The second-order valence-corrected chi connectivity index (χ2v) is 7.66. The van der Waals surface area contributed by atoms with Gasteiger partial charge in [-0.2, -0.15) is 0 Å². The molecule has 8 heteroatoms. The van der Waals surface area contributed by atoms with Crippen molar-refractivity contribution in [3.63, 3.8) is 0 Å². The van der Waals surface area contributed by atoms with Crippen molar-refractivity contribution in [3.8, 4) is 5.75 Å². The minimum Gasteiger partial charge on any atom is -0.482 e. The molecule has 1 aromatic heterocycles. The number of amides is 2. The quantitative estimate of drug-likeness (QED) is 0.766. The molecule has 2 amide bonds. The summed E-state index contributed by atoms with van der Waals surface area (Å²) in [6, 6.07) is 8.56. The van der Waals surface area contributed by atoms with Gasteiger partial charge >= 0.3 is 0 Å². The lowest BCUT2D eigenvalue weighted by molar-refractivity contribution is -0.133. The first kappa shape index (κ1) is 19.0. The van der Waals surface area contributed by atoms with Gasteiger partial charge in [-0.25, -0.2) is 0 Å². The van der Waals surface area contributed by atoms with E-state index in [9.17, 15) is 9.59 Å². The molecule has 2 aromatic rings. The Morgan fingerprint density at radius 1 is 1.08 bits per heavy atom. The third-order valence-electron chi connectivity index (χ3n) is 4.11. The Bertz CT molecular complexity index is 783. The smallest absolute Gasteiger partial charge is 0.263 e. The monoisotopic (exact) mass is 412 g/mol. The molecule has 1 fully saturated rings. The summed E-state index contributed by atoms with van der Waals surface area (Å²) in [6.07, 6.45) is 0.741. The zero-order valence-electron chi connectivity index (χ0n) is 14.0. The van der Waals surface area contributed by atoms with Crippen LogP contribution in [0.5, 0.6) is 5.75 Å². The highest BCUT2D eigenvalue weighted by molar-refractivity contribution is 7.12. The number of benzene rings is 1. The topological polar surface area (TPSA) is 49.9 Å². The van der Waals surface area contributed by atoms with E-state index < -0.39 is 0 Å². The van der Waals surface area contributed by atoms with E-state index in [4.69, 9.17) is 27.9 Å². The molecule has 1 aromatic carbocycles. The summed E-state index contributed by atoms with van der Waals surface area (Å²) in [6.45, 7) is 2.16. The van der Waals surface area contributed by atoms with Crippen LogP contribution in [0.1, 0.15) is 16.1 Å². The Morgan fingerprint density at radius 3 is 2.58 bits per heavy atom. The van der Waals surface area contributed by atoms with Gasteiger partial charge in [-0.15, -0.1) is 11.3 Å². The fourth-order valence-electron chi connectivity index (χ4n) is 2.75. The maximum absolute atomic E-state index is 12.4. The van der Waals surface area contributed by atoms with Crippen LogP contribution in [-0.2, 0) is 4.79 Å². The van der Waals surface area contributed by atoms with Crippen LogP contribution in [0.25, 0.3) is 0 Å². The molecule has 0 atom stereocenters. The SMILES string of the molecule is O=C(COc1ccc(Cl)cc1Cl)N1CCCN(C(=O)c2cccs2)CC1. The van der Waals surface area contributed by atoms with Gasteiger partial charge < -0.3 is 14.5 Å². The van der Waals surface area contributed by atoms with Crippen molar-refractivity contribution < 1.29 is 14.3 Å². The van der Waals surface area contributed by atoms with Crippen LogP contribution in [-0.4, -0.2) is 54.4 Å². The van der Waals surface area contributed by atoms with Crippen molar-refractivity contribution in [2.45, 2.75) is 6.42 Å². The Labute approximate surface area is 166 Å². The van der Waals surface area contributed by atoms with Crippen LogP contribution in [0, 0.1) is 0 Å². The second-order valence-electron chi connectivity index (χ2n) is 5.87. The van der Waals surface area contributed by atoms with Gasteiger partial charge in [-0.1, -0.05) is 29.3 Å². The Hall–Kier alpha value is -1.76. The minimum atomic E-state index is -0.124. The van der Waals surface area contributed by atoms with Crippen LogP contribution in [0.15, 0.2) is 35.7 Å². The zero-order chi connectivity index (χ0) is 18.5. The van der Waals surface area contributed by atoms with Crippen LogP contribution in [0.2, 0.25) is 10.0 Å². The van der Waals surface area contributed by atoms with Crippen molar-refractivity contribution >= 4 is 46.4 Å². The van der Waals surface area contributed by atoms with Crippen molar-refractivity contribution in [2.24, 2.45) is 0 Å². The number of carbonyl (C=O) groups is 2. The zero-order valence-corrected chi connectivity index (χ0v) is 16.3. The lowest BCUT2D eigenvalue weighted by Crippen LogP contribution is -2.39. The van der Waals surface area contributed by atoms with E-state index in [-0.39, 0.29) is 18.4 Å². The van der Waals surface area contributed by atoms with E-state index in [0.717, 1.165) is 11.3 Å². The molecular formula is C18H18Cl2N2O3S. The summed E-state index contributed by atoms with van der Waals surface area (Å²) in [5, 5.41) is 2.77. The molecule has 0 aliphatic carbocycles. The van der Waals surface area contributed by atoms with Gasteiger partial charge in [0, 0.05) is 31.2 Å². The Balaban J connectivity index is 1.53. The molecule has 0 bridgehead atoms. The molecule has 0 radical (unpaired) electrons. The molecule has 1 aliphatic rings. The number of ether oxygens (including phenoxy) is 1. The van der Waals surface area contributed by atoms with Gasteiger partial charge in [-0.3, -0.25) is 9.59 Å². The molecule has 1 saturated heterocycles. The van der Waals surface area contributed by atoms with Gasteiger partial charge in [0.2, 0.25) is 0 Å². The van der Waals surface area contributed by atoms with Gasteiger partial charge in [0.25, 0.3) is 11.8 Å². The largest absolute Gasteiger partial charge is 0.482 e. The Kier molecular flexibility index (Phi) is 6.40. The fourth-order valence-corrected chi connectivity index (χ4v) is 3.90. The van der Waals surface area contributed by atoms with E-state index in [1.807, 2.05) is 17.5 Å². The average molecular weight is 413 g/mol. The fraction of sp³-hybridized carbons (Fsp3) is 0.333. The van der Waals surface area contributed by atoms with Crippen molar-refractivity contribution in [1.29, 1.82) is 0 Å². The molecule has 138 valence electrons. The summed E-state index contributed by atoms with van der Waals surface area (Å²) in [5.74, 6) is 0.327. The molecule has 0 N–H and O–H groups in total. The first-order valence-electron chi connectivity index (χ1n) is 8.23. The number of rotatable bonds is 4. The lowest BCUT2D eigenvalue weighted by Gasteiger charge is -2.22. The molecule has 0 spiro atoms. The average Bonchev–Trinajstić information content (AvgIpc) is 3.04. The lowest BCUT2D eigenvalue weighted by atomic mass is 10.3. The van der Waals surface area contributed by atoms with Crippen molar-refractivity contribution in [2.75, 3.05) is 32.8 Å². The second kappa shape index (κ2) is 8.75. The van der Waals surface area contributed by atoms with E-state index in [2.05, 4.69) is 0 Å². The van der Waals surface area contributed by atoms with Crippen LogP contribution in [0.4, 0.5) is 0 Å². The number of thiophene rings is 1. The molecule has 5 nitrogen and oxygen atoms in total. The predicted octanol–water partition coefficient (Wildman–Crippen LogP) is 3.81. The highest BCUT2D eigenvalue weighted by Crippen LogP contribution is 2.27. The highest BCUT2D eigenvalue weighted by atomic mass is 35.5. The van der Waals surface area contributed by atoms with Crippen molar-refractivity contribution in [3.05, 3.63) is 50.6 Å². The van der Waals surface area contributed by atoms with Gasteiger partial charge in [-0.05, 0) is 36.1 Å². The molecule has 0 unspecified atom stereocenters. The first-order valence-corrected chi connectivity index (χ1v) is 9.86. The highest BCUT2D eigenvalue weighted by Gasteiger charge is 2.23. The number of halogens is 2. The van der Waals surface area contributed by atoms with Gasteiger partial charge in [0.15, 0.2) is 6.61 Å². The summed E-state index contributed by atoms with van der Waals surface area (Å²) >= 11 is 13.3. The van der Waals surface area contributed by atoms with Gasteiger partial charge in [0.05, 0.1) is 9.90 Å². The van der Waals surface area contributed by atoms with E-state index >= 15 is 0 Å². The summed E-state index contributed by atoms with van der Waals surface area (Å²) < 4.78 is 5.52. The Morgan fingerprint density at radius 2 is 1.85 bits per heavy atom. The third kappa shape index (κ3) is 4.69. The molecule has 0 saturated carbocycles. The van der Waals surface area contributed by atoms with E-state index in [0.29, 0.717) is 42.0 Å². The standard InChI is InChI=1S/C18H18Cl2N2O3S/c19-13-4-5-15(14(20)11-13)25-12-17(23)21-6-2-7-22(9-8-21)18(24)16-3-1-10-26-16/h1,3-5,10-11H,2,6-9,12H2. The molecular weight excluding hydrogens is 395 g/mol. The van der Waals surface area contributed by atoms with Gasteiger partial charge in [0.1, 0.15) is 5.75 Å². The summed E-state index contributed by atoms with van der Waals surface area (Å²) in [5.41, 5.74) is 0. The van der Waals surface area contributed by atoms with Crippen LogP contribution < -0.4 is 4.74 Å². The van der Waals surface area contributed by atoms with E-state index in [1.165, 1.54) is 11.3 Å². The maximum atomic E-state index is 12.4. The molecule has 26 heavy (non-hydrogen) atoms. The molecule has 3 rings (SSSR count). The minimum absolute atomic E-state index is 0.0264. The number of hydrogen-bond donors (Lipinski definition) is 0. The third-order valence-corrected chi connectivity index (χ3v) is 5.50. The summed E-state index contributed by atoms with van der Waals surface area (Å²) in [4.78, 5) is 29.1. The number of nitrogens with zero attached hydrogens (tertiary/aromatic N) is 2. The normalized spacial score (nSPS) is 14.8. The first-order chi connectivity index (χ1) is 12.5. The summed E-state index contributed by atoms with van der Waals surface area (Å²) in [7, 11) is 0. The van der Waals surface area contributed by atoms with Crippen molar-refractivity contribution in [1.82, 2.24) is 9.80 Å². The predicted molar refractivity (Wildman–Crippen MR) is 103 cm³/mol. The molecule has 1 aliphatic heterocycles. The molecule has 2 heterocycles. The number of hydrogen-bond acceptors (Lipinski definition) is 4. The van der Waals surface area contributed by atoms with Crippen LogP contribution >= 0.6 is 34.5 Å². The van der Waals surface area contributed by atoms with E-state index in [1.54, 1.807) is 28.0 Å². The van der Waals surface area contributed by atoms with Crippen LogP contribution in [0.3, 0.4) is 0 Å².